The molecular formula is C20H23F6N7O. The molecule has 2 heterocycles. The second-order valence-electron chi connectivity index (χ2n) is 7.90. The third-order valence-electron chi connectivity index (χ3n) is 5.28. The van der Waals surface area contributed by atoms with Gasteiger partial charge in [0, 0.05) is 24.5 Å². The van der Waals surface area contributed by atoms with Crippen LogP contribution in [0.5, 0.6) is 0 Å². The zero-order chi connectivity index (χ0) is 25.1. The van der Waals surface area contributed by atoms with Gasteiger partial charge in [-0.1, -0.05) is 6.07 Å². The minimum atomic E-state index is -4.56. The van der Waals surface area contributed by atoms with Gasteiger partial charge in [-0.2, -0.15) is 26.3 Å². The molecule has 0 aliphatic heterocycles. The van der Waals surface area contributed by atoms with E-state index in [4.69, 9.17) is 11.1 Å². The zero-order valence-electron chi connectivity index (χ0n) is 17.7. The van der Waals surface area contributed by atoms with Crippen LogP contribution in [0.2, 0.25) is 0 Å². The third kappa shape index (κ3) is 6.54. The maximum absolute atomic E-state index is 13.0. The second kappa shape index (κ2) is 9.81. The largest absolute Gasteiger partial charge is 0.434 e. The average Bonchev–Trinajstić information content (AvgIpc) is 3.17. The van der Waals surface area contributed by atoms with E-state index in [-0.39, 0.29) is 17.7 Å². The predicted molar refractivity (Wildman–Crippen MR) is 112 cm³/mol. The van der Waals surface area contributed by atoms with E-state index in [1.807, 2.05) is 5.32 Å². The number of nitrogens with zero attached hydrogens (tertiary/aromatic N) is 2. The molecular weight excluding hydrogens is 468 g/mol. The summed E-state index contributed by atoms with van der Waals surface area (Å²) in [5, 5.41) is 15.2. The summed E-state index contributed by atoms with van der Waals surface area (Å²) in [5.74, 6) is -0.985. The Balaban J connectivity index is 1.57. The summed E-state index contributed by atoms with van der Waals surface area (Å²) in [5.41, 5.74) is 4.07. The molecule has 1 saturated carbocycles. The van der Waals surface area contributed by atoms with Crippen molar-refractivity contribution >= 4 is 23.2 Å². The number of amides is 1. The number of carbonyl (C=O) groups is 1. The lowest BCUT2D eigenvalue weighted by atomic mass is 9.91. The van der Waals surface area contributed by atoms with E-state index in [9.17, 15) is 31.1 Å². The molecule has 0 atom stereocenters. The second-order valence-corrected chi connectivity index (χ2v) is 7.90. The Morgan fingerprint density at radius 1 is 1.15 bits per heavy atom. The number of rotatable bonds is 7. The Morgan fingerprint density at radius 3 is 2.38 bits per heavy atom. The van der Waals surface area contributed by atoms with Crippen LogP contribution in [-0.2, 0) is 11.0 Å². The van der Waals surface area contributed by atoms with Gasteiger partial charge in [0.2, 0.25) is 0 Å². The number of halogens is 6. The van der Waals surface area contributed by atoms with Gasteiger partial charge >= 0.3 is 12.4 Å². The molecule has 6 N–H and O–H groups in total. The number of hydrogen-bond donors (Lipinski definition) is 5. The van der Waals surface area contributed by atoms with E-state index in [2.05, 4.69) is 15.6 Å². The van der Waals surface area contributed by atoms with Crippen molar-refractivity contribution in [2.24, 2.45) is 5.73 Å². The van der Waals surface area contributed by atoms with E-state index >= 15 is 0 Å². The highest BCUT2D eigenvalue weighted by molar-refractivity contribution is 6.18. The highest BCUT2D eigenvalue weighted by Gasteiger charge is 2.34. The Hall–Kier alpha value is -3.45. The van der Waals surface area contributed by atoms with Gasteiger partial charge in [0.25, 0.3) is 5.91 Å². The summed E-state index contributed by atoms with van der Waals surface area (Å²) in [6.07, 6.45) is -5.19. The molecule has 0 bridgehead atoms. The number of hydrogen-bond acceptors (Lipinski definition) is 5. The summed E-state index contributed by atoms with van der Waals surface area (Å²) >= 11 is 0. The lowest BCUT2D eigenvalue weighted by Crippen LogP contribution is -2.43. The molecule has 14 heteroatoms. The van der Waals surface area contributed by atoms with E-state index in [0.29, 0.717) is 31.5 Å². The van der Waals surface area contributed by atoms with Gasteiger partial charge in [-0.05, 0) is 37.8 Å². The molecule has 2 aromatic rings. The molecule has 0 aromatic carbocycles. The molecule has 186 valence electrons. The monoisotopic (exact) mass is 491 g/mol. The van der Waals surface area contributed by atoms with Crippen molar-refractivity contribution in [2.75, 3.05) is 11.9 Å². The van der Waals surface area contributed by atoms with Gasteiger partial charge in [-0.25, -0.2) is 4.98 Å². The first-order valence-electron chi connectivity index (χ1n) is 10.3. The van der Waals surface area contributed by atoms with Crippen molar-refractivity contribution in [3.8, 4) is 0 Å². The van der Waals surface area contributed by atoms with E-state index in [1.165, 1.54) is 10.5 Å². The van der Waals surface area contributed by atoms with Crippen LogP contribution in [0.15, 0.2) is 36.2 Å². The van der Waals surface area contributed by atoms with Crippen molar-refractivity contribution in [3.05, 3.63) is 41.9 Å². The maximum atomic E-state index is 13.0. The van der Waals surface area contributed by atoms with Crippen LogP contribution in [0.25, 0.3) is 5.65 Å². The van der Waals surface area contributed by atoms with Crippen molar-refractivity contribution in [3.63, 3.8) is 0 Å². The molecule has 3 rings (SSSR count). The number of alkyl halides is 6. The minimum Gasteiger partial charge on any atom is -0.383 e. The molecule has 0 unspecified atom stereocenters. The molecule has 1 aliphatic rings. The van der Waals surface area contributed by atoms with Crippen LogP contribution in [-0.4, -0.2) is 45.9 Å². The molecule has 1 fully saturated rings. The molecule has 8 nitrogen and oxygen atoms in total. The van der Waals surface area contributed by atoms with Crippen LogP contribution in [0.4, 0.5) is 32.2 Å². The lowest BCUT2D eigenvalue weighted by Gasteiger charge is -2.30. The van der Waals surface area contributed by atoms with Gasteiger partial charge in [0.1, 0.15) is 23.8 Å². The summed E-state index contributed by atoms with van der Waals surface area (Å²) < 4.78 is 77.1. The van der Waals surface area contributed by atoms with Crippen LogP contribution in [0, 0.1) is 5.41 Å². The molecule has 0 spiro atoms. The van der Waals surface area contributed by atoms with Crippen LogP contribution < -0.4 is 21.7 Å². The summed E-state index contributed by atoms with van der Waals surface area (Å²) in [6.45, 7) is -1.37. The first kappa shape index (κ1) is 25.2. The molecule has 0 radical (unpaired) electrons. The van der Waals surface area contributed by atoms with E-state index in [1.54, 1.807) is 12.1 Å². The number of anilines is 1. The predicted octanol–water partition coefficient (Wildman–Crippen LogP) is 3.16. The zero-order valence-corrected chi connectivity index (χ0v) is 17.7. The van der Waals surface area contributed by atoms with Gasteiger partial charge in [0.05, 0.1) is 5.57 Å². The lowest BCUT2D eigenvalue weighted by molar-refractivity contribution is -0.140. The summed E-state index contributed by atoms with van der Waals surface area (Å²) in [7, 11) is 0. The van der Waals surface area contributed by atoms with Crippen molar-refractivity contribution in [1.82, 2.24) is 20.0 Å². The highest BCUT2D eigenvalue weighted by atomic mass is 19.4. The molecule has 2 aromatic heterocycles. The van der Waals surface area contributed by atoms with Gasteiger partial charge in [0.15, 0.2) is 5.69 Å². The number of imidazole rings is 1. The highest BCUT2D eigenvalue weighted by Crippen LogP contribution is 2.30. The van der Waals surface area contributed by atoms with Crippen LogP contribution >= 0.6 is 0 Å². The number of carbonyl (C=O) groups excluding carboxylic acids is 1. The molecule has 34 heavy (non-hydrogen) atoms. The fourth-order valence-electron chi connectivity index (χ4n) is 3.65. The first-order valence-corrected chi connectivity index (χ1v) is 10.3. The van der Waals surface area contributed by atoms with Gasteiger partial charge < -0.3 is 21.7 Å². The Morgan fingerprint density at radius 2 is 1.79 bits per heavy atom. The van der Waals surface area contributed by atoms with Gasteiger partial charge in [-0.3, -0.25) is 14.6 Å². The van der Waals surface area contributed by atoms with Crippen molar-refractivity contribution < 1.29 is 31.1 Å². The summed E-state index contributed by atoms with van der Waals surface area (Å²) in [6, 6.07) is 4.33. The number of nitrogens with one attached hydrogen (secondary N) is 4. The molecule has 1 aliphatic carbocycles. The topological polar surface area (TPSA) is 120 Å². The van der Waals surface area contributed by atoms with E-state index in [0.717, 1.165) is 12.4 Å². The smallest absolute Gasteiger partial charge is 0.383 e. The molecule has 0 saturated heterocycles. The number of aromatic nitrogens is 2. The third-order valence-corrected chi connectivity index (χ3v) is 5.28. The van der Waals surface area contributed by atoms with E-state index < -0.39 is 41.9 Å². The maximum Gasteiger partial charge on any atom is 0.434 e. The average molecular weight is 491 g/mol. The minimum absolute atomic E-state index is 0.0771. The van der Waals surface area contributed by atoms with Crippen molar-refractivity contribution in [1.29, 1.82) is 5.41 Å². The number of nitrogens with two attached hydrogens (primary N) is 1. The number of amidine groups is 1. The van der Waals surface area contributed by atoms with Crippen molar-refractivity contribution in [2.45, 2.75) is 50.1 Å². The molecule has 1 amide bonds. The quantitative estimate of drug-likeness (QED) is 0.176. The standard InChI is InChI=1S/C20H23F6N7O/c21-19(22,23)10-29-8-13(17(27)28)18(34)31-12-6-4-11(5-7-12)30-15-2-1-3-16-32-14(9-33(15)16)20(24,25)26/h1-3,8-9,11-12,29-30H,4-7,10H2,(H3,27,28)(H,31,34)/b13-8+. The fourth-order valence-corrected chi connectivity index (χ4v) is 3.65. The van der Waals surface area contributed by atoms with Crippen LogP contribution in [0.3, 0.4) is 0 Å². The number of pyridine rings is 1. The Bertz CT molecular complexity index is 1070. The Labute approximate surface area is 190 Å². The summed E-state index contributed by atoms with van der Waals surface area (Å²) in [4.78, 5) is 16.0. The normalized spacial score (nSPS) is 19.6. The first-order chi connectivity index (χ1) is 15.8. The Kier molecular flexibility index (Phi) is 7.26. The van der Waals surface area contributed by atoms with Gasteiger partial charge in [-0.15, -0.1) is 0 Å². The SMILES string of the molecule is N=C(N)/C(=C\NCC(F)(F)F)C(=O)NC1CCC(Nc2cccc3nc(C(F)(F)F)cn23)CC1. The number of fused-ring (bicyclic) bond motifs is 1. The fraction of sp³-hybridized carbons (Fsp3) is 0.450. The van der Waals surface area contributed by atoms with Crippen LogP contribution in [0.1, 0.15) is 31.4 Å².